The van der Waals surface area contributed by atoms with E-state index in [0.717, 1.165) is 21.6 Å². The molecular weight excluding hydrogens is 410 g/mol. The van der Waals surface area contributed by atoms with Crippen molar-refractivity contribution >= 4 is 51.2 Å². The van der Waals surface area contributed by atoms with Crippen LogP contribution in [0.5, 0.6) is 0 Å². The molecule has 1 N–H and O–H groups in total. The first-order valence-corrected chi connectivity index (χ1v) is 9.18. The second kappa shape index (κ2) is 7.75. The minimum absolute atomic E-state index is 0.0888. The number of rotatable bonds is 4. The van der Waals surface area contributed by atoms with Gasteiger partial charge in [-0.25, -0.2) is 9.69 Å². The summed E-state index contributed by atoms with van der Waals surface area (Å²) < 4.78 is 0.820. The number of barbiturate groups is 1. The van der Waals surface area contributed by atoms with E-state index in [2.05, 4.69) is 33.1 Å². The number of amides is 4. The second-order valence-corrected chi connectivity index (χ2v) is 6.96. The predicted octanol–water partition coefficient (Wildman–Crippen LogP) is 3.57. The monoisotopic (exact) mass is 427 g/mol. The number of hydrogen-bond acceptors (Lipinski definition) is 4. The van der Waals surface area contributed by atoms with E-state index in [9.17, 15) is 14.4 Å². The molecule has 2 aromatic carbocycles. The Morgan fingerprint density at radius 3 is 2.26 bits per heavy atom. The van der Waals surface area contributed by atoms with Gasteiger partial charge in [-0.1, -0.05) is 28.1 Å². The van der Waals surface area contributed by atoms with Gasteiger partial charge in [-0.05, 0) is 55.0 Å². The number of carbonyl (C=O) groups excluding carboxylic acids is 3. The molecule has 7 heteroatoms. The molecule has 1 heterocycles. The Morgan fingerprint density at radius 2 is 1.67 bits per heavy atom. The van der Waals surface area contributed by atoms with Crippen LogP contribution in [-0.2, 0) is 9.59 Å². The molecule has 27 heavy (non-hydrogen) atoms. The lowest BCUT2D eigenvalue weighted by Gasteiger charge is -2.26. The molecule has 0 bridgehead atoms. The summed E-state index contributed by atoms with van der Waals surface area (Å²) in [7, 11) is 1.98. The fraction of sp³-hybridized carbons (Fsp3) is 0.150. The number of nitrogens with zero attached hydrogens (tertiary/aromatic N) is 2. The van der Waals surface area contributed by atoms with E-state index in [1.54, 1.807) is 24.3 Å². The van der Waals surface area contributed by atoms with Crippen molar-refractivity contribution in [3.05, 3.63) is 64.1 Å². The van der Waals surface area contributed by atoms with E-state index in [0.29, 0.717) is 11.3 Å². The van der Waals surface area contributed by atoms with Crippen molar-refractivity contribution in [1.29, 1.82) is 0 Å². The van der Waals surface area contributed by atoms with Crippen LogP contribution in [0, 0.1) is 0 Å². The van der Waals surface area contributed by atoms with Crippen molar-refractivity contribution in [1.82, 2.24) is 5.32 Å². The highest BCUT2D eigenvalue weighted by Gasteiger charge is 2.36. The number of halogens is 1. The van der Waals surface area contributed by atoms with E-state index >= 15 is 0 Å². The maximum atomic E-state index is 12.8. The summed E-state index contributed by atoms with van der Waals surface area (Å²) in [6.07, 6.45) is 1.49. The Morgan fingerprint density at radius 1 is 1.04 bits per heavy atom. The van der Waals surface area contributed by atoms with E-state index in [4.69, 9.17) is 0 Å². The van der Waals surface area contributed by atoms with Gasteiger partial charge in [0, 0.05) is 23.8 Å². The molecule has 0 unspecified atom stereocenters. The number of carbonyl (C=O) groups is 3. The highest BCUT2D eigenvalue weighted by atomic mass is 79.9. The fourth-order valence-electron chi connectivity index (χ4n) is 2.66. The molecule has 0 aromatic heterocycles. The van der Waals surface area contributed by atoms with Gasteiger partial charge in [0.1, 0.15) is 5.57 Å². The van der Waals surface area contributed by atoms with Gasteiger partial charge in [-0.2, -0.15) is 0 Å². The molecule has 1 aliphatic heterocycles. The SMILES string of the molecule is CCN(C)c1ccc(/C=C2\C(=O)NC(=O)N(c3ccc(Br)cc3)C2=O)cc1. The summed E-state index contributed by atoms with van der Waals surface area (Å²) in [5.41, 5.74) is 2.03. The molecule has 3 rings (SSSR count). The normalized spacial score (nSPS) is 15.9. The van der Waals surface area contributed by atoms with Crippen LogP contribution in [0.2, 0.25) is 0 Å². The molecule has 4 amide bonds. The first-order chi connectivity index (χ1) is 12.9. The smallest absolute Gasteiger partial charge is 0.335 e. The standard InChI is InChI=1S/C20H18BrN3O3/c1-3-23(2)15-8-4-13(5-9-15)12-17-18(25)22-20(27)24(19(17)26)16-10-6-14(21)7-11-16/h4-12H,3H2,1-2H3,(H,22,25,27)/b17-12+. The summed E-state index contributed by atoms with van der Waals surface area (Å²) in [6, 6.07) is 13.4. The molecule has 0 radical (unpaired) electrons. The minimum Gasteiger partial charge on any atom is -0.375 e. The fourth-order valence-corrected chi connectivity index (χ4v) is 2.92. The van der Waals surface area contributed by atoms with Crippen LogP contribution in [0.1, 0.15) is 12.5 Å². The van der Waals surface area contributed by atoms with Crippen molar-refractivity contribution in [2.24, 2.45) is 0 Å². The third-order valence-corrected chi connectivity index (χ3v) is 4.83. The summed E-state index contributed by atoms with van der Waals surface area (Å²) in [5, 5.41) is 2.22. The minimum atomic E-state index is -0.760. The van der Waals surface area contributed by atoms with Gasteiger partial charge in [-0.15, -0.1) is 0 Å². The molecule has 0 atom stereocenters. The summed E-state index contributed by atoms with van der Waals surface area (Å²) in [5.74, 6) is -1.35. The first-order valence-electron chi connectivity index (χ1n) is 8.39. The van der Waals surface area contributed by atoms with Crippen LogP contribution < -0.4 is 15.1 Å². The zero-order chi connectivity index (χ0) is 19.6. The van der Waals surface area contributed by atoms with Gasteiger partial charge in [-0.3, -0.25) is 14.9 Å². The Bertz CT molecular complexity index is 920. The molecule has 0 aliphatic carbocycles. The third-order valence-electron chi connectivity index (χ3n) is 4.31. The van der Waals surface area contributed by atoms with Gasteiger partial charge in [0.15, 0.2) is 0 Å². The van der Waals surface area contributed by atoms with Crippen LogP contribution in [0.25, 0.3) is 6.08 Å². The topological polar surface area (TPSA) is 69.7 Å². The molecule has 1 fully saturated rings. The quantitative estimate of drug-likeness (QED) is 0.597. The molecule has 138 valence electrons. The molecule has 1 aliphatic rings. The van der Waals surface area contributed by atoms with E-state index in [-0.39, 0.29) is 5.57 Å². The number of benzene rings is 2. The number of imide groups is 2. The summed E-state index contributed by atoms with van der Waals surface area (Å²) >= 11 is 3.31. The lowest BCUT2D eigenvalue weighted by Crippen LogP contribution is -2.54. The largest absolute Gasteiger partial charge is 0.375 e. The number of anilines is 2. The molecular formula is C20H18BrN3O3. The lowest BCUT2D eigenvalue weighted by atomic mass is 10.1. The lowest BCUT2D eigenvalue weighted by molar-refractivity contribution is -0.122. The van der Waals surface area contributed by atoms with Crippen LogP contribution in [-0.4, -0.2) is 31.4 Å². The molecule has 0 saturated carbocycles. The second-order valence-electron chi connectivity index (χ2n) is 6.04. The van der Waals surface area contributed by atoms with Crippen molar-refractivity contribution in [3.8, 4) is 0 Å². The predicted molar refractivity (Wildman–Crippen MR) is 109 cm³/mol. The van der Waals surface area contributed by atoms with E-state index < -0.39 is 17.8 Å². The van der Waals surface area contributed by atoms with Crippen molar-refractivity contribution < 1.29 is 14.4 Å². The zero-order valence-electron chi connectivity index (χ0n) is 14.9. The maximum absolute atomic E-state index is 12.8. The average Bonchev–Trinajstić information content (AvgIpc) is 2.66. The first kappa shape index (κ1) is 18.8. The Hall–Kier alpha value is -2.93. The maximum Gasteiger partial charge on any atom is 0.335 e. The van der Waals surface area contributed by atoms with Crippen LogP contribution >= 0.6 is 15.9 Å². The van der Waals surface area contributed by atoms with Crippen LogP contribution in [0.15, 0.2) is 58.6 Å². The molecule has 6 nitrogen and oxygen atoms in total. The highest BCUT2D eigenvalue weighted by Crippen LogP contribution is 2.24. The van der Waals surface area contributed by atoms with Crippen molar-refractivity contribution in [2.45, 2.75) is 6.92 Å². The van der Waals surface area contributed by atoms with Crippen LogP contribution in [0.4, 0.5) is 16.2 Å². The summed E-state index contributed by atoms with van der Waals surface area (Å²) in [6.45, 7) is 2.92. The zero-order valence-corrected chi connectivity index (χ0v) is 16.5. The van der Waals surface area contributed by atoms with Gasteiger partial charge >= 0.3 is 6.03 Å². The van der Waals surface area contributed by atoms with Gasteiger partial charge in [0.05, 0.1) is 5.69 Å². The Labute approximate surface area is 165 Å². The highest BCUT2D eigenvalue weighted by molar-refractivity contribution is 9.10. The van der Waals surface area contributed by atoms with Gasteiger partial charge in [0.2, 0.25) is 0 Å². The van der Waals surface area contributed by atoms with Gasteiger partial charge < -0.3 is 4.90 Å². The van der Waals surface area contributed by atoms with Crippen molar-refractivity contribution in [2.75, 3.05) is 23.4 Å². The number of nitrogens with one attached hydrogen (secondary N) is 1. The van der Waals surface area contributed by atoms with Crippen molar-refractivity contribution in [3.63, 3.8) is 0 Å². The summed E-state index contributed by atoms with van der Waals surface area (Å²) in [4.78, 5) is 40.2. The Kier molecular flexibility index (Phi) is 5.41. The molecule has 1 saturated heterocycles. The third kappa shape index (κ3) is 3.93. The Balaban J connectivity index is 1.93. The molecule has 2 aromatic rings. The average molecular weight is 428 g/mol. The van der Waals surface area contributed by atoms with E-state index in [1.165, 1.54) is 6.08 Å². The van der Waals surface area contributed by atoms with Gasteiger partial charge in [0.25, 0.3) is 11.8 Å². The number of urea groups is 1. The molecule has 0 spiro atoms. The number of hydrogen-bond donors (Lipinski definition) is 1. The van der Waals surface area contributed by atoms with Crippen LogP contribution in [0.3, 0.4) is 0 Å². The van der Waals surface area contributed by atoms with E-state index in [1.807, 2.05) is 31.3 Å².